The molecule has 0 aromatic heterocycles. The number of rotatable bonds is 17. The molecule has 1 aliphatic heterocycles. The first-order valence-electron chi connectivity index (χ1n) is 13.8. The van der Waals surface area contributed by atoms with Crippen LogP contribution < -0.4 is 21.7 Å². The second-order valence-corrected chi connectivity index (χ2v) is 10.7. The van der Waals surface area contributed by atoms with Crippen molar-refractivity contribution in [1.29, 1.82) is 0 Å². The Bertz CT molecular complexity index is 1030. The van der Waals surface area contributed by atoms with E-state index < -0.39 is 84.2 Å². The number of carbonyl (C=O) groups excluding carboxylic acids is 7. The number of hydrogen-bond acceptors (Lipinski definition) is 8. The SMILES string of the molecule is CC[C@H](CC(=O)[C@H](CC(N)=O)NC(=O)C1CCCN1C(=O)C(CCC(=O)O)NC(=O)[C@@H](NC(C)=O)C(C)C)C(C)=O. The van der Waals surface area contributed by atoms with Crippen molar-refractivity contribution < 1.29 is 43.5 Å². The van der Waals surface area contributed by atoms with Crippen molar-refractivity contribution in [1.82, 2.24) is 20.9 Å². The van der Waals surface area contributed by atoms with E-state index in [2.05, 4.69) is 16.0 Å². The molecule has 1 rings (SSSR count). The van der Waals surface area contributed by atoms with Gasteiger partial charge in [-0.05, 0) is 38.5 Å². The number of primary amides is 1. The topological polar surface area (TPSA) is 222 Å². The number of nitrogens with one attached hydrogen (secondary N) is 3. The standard InChI is InChI=1S/C27H43N5O9/c1-6-17(15(4)33)12-21(35)19(13-22(28)36)31-25(39)20-8-7-11-32(20)27(41)18(9-10-23(37)38)30-26(40)24(14(2)3)29-16(5)34/h14,17-20,24H,6-13H2,1-5H3,(H2,28,36)(H,29,34)(H,30,40)(H,31,39)(H,37,38)/t17-,18?,19+,20?,24+/m1/s1. The fourth-order valence-corrected chi connectivity index (χ4v) is 4.72. The largest absolute Gasteiger partial charge is 0.481 e. The van der Waals surface area contributed by atoms with Gasteiger partial charge in [-0.3, -0.25) is 38.4 Å². The Morgan fingerprint density at radius 2 is 1.59 bits per heavy atom. The van der Waals surface area contributed by atoms with Gasteiger partial charge >= 0.3 is 5.97 Å². The number of carboxylic acids is 1. The maximum absolute atomic E-state index is 13.6. The van der Waals surface area contributed by atoms with Gasteiger partial charge < -0.3 is 31.7 Å². The Morgan fingerprint density at radius 3 is 2.07 bits per heavy atom. The maximum Gasteiger partial charge on any atom is 0.303 e. The molecule has 0 radical (unpaired) electrons. The van der Waals surface area contributed by atoms with Gasteiger partial charge in [0.15, 0.2) is 5.78 Å². The normalized spacial score (nSPS) is 17.6. The van der Waals surface area contributed by atoms with Gasteiger partial charge in [-0.2, -0.15) is 0 Å². The van der Waals surface area contributed by atoms with Crippen LogP contribution in [0.2, 0.25) is 0 Å². The zero-order valence-corrected chi connectivity index (χ0v) is 24.4. The average molecular weight is 582 g/mol. The summed E-state index contributed by atoms with van der Waals surface area (Å²) < 4.78 is 0. The highest BCUT2D eigenvalue weighted by molar-refractivity contribution is 5.98. The van der Waals surface area contributed by atoms with E-state index in [9.17, 15) is 43.5 Å². The van der Waals surface area contributed by atoms with Gasteiger partial charge in [-0.1, -0.05) is 20.8 Å². The van der Waals surface area contributed by atoms with E-state index in [1.54, 1.807) is 20.8 Å². The molecule has 0 aliphatic carbocycles. The fourth-order valence-electron chi connectivity index (χ4n) is 4.72. The second-order valence-electron chi connectivity index (χ2n) is 10.7. The Morgan fingerprint density at radius 1 is 0.951 bits per heavy atom. The van der Waals surface area contributed by atoms with Crippen LogP contribution in [-0.2, 0) is 38.4 Å². The van der Waals surface area contributed by atoms with Gasteiger partial charge in [0.25, 0.3) is 0 Å². The first-order chi connectivity index (χ1) is 19.1. The summed E-state index contributed by atoms with van der Waals surface area (Å²) in [6, 6.07) is -4.63. The fraction of sp³-hybridized carbons (Fsp3) is 0.704. The predicted octanol–water partition coefficient (Wildman–Crippen LogP) is -0.578. The molecule has 0 saturated carbocycles. The van der Waals surface area contributed by atoms with E-state index in [4.69, 9.17) is 5.73 Å². The van der Waals surface area contributed by atoms with E-state index in [-0.39, 0.29) is 37.5 Å². The van der Waals surface area contributed by atoms with Crippen molar-refractivity contribution in [3.63, 3.8) is 0 Å². The molecule has 0 aromatic rings. The number of amides is 5. The highest BCUT2D eigenvalue weighted by Crippen LogP contribution is 2.21. The van der Waals surface area contributed by atoms with Crippen LogP contribution >= 0.6 is 0 Å². The Labute approximate surface area is 239 Å². The Hall–Kier alpha value is -3.84. The minimum atomic E-state index is -1.30. The Balaban J connectivity index is 3.15. The lowest BCUT2D eigenvalue weighted by Gasteiger charge is -2.31. The highest BCUT2D eigenvalue weighted by Gasteiger charge is 2.40. The molecule has 6 N–H and O–H groups in total. The van der Waals surface area contributed by atoms with Gasteiger partial charge in [0, 0.05) is 32.2 Å². The number of nitrogens with two attached hydrogens (primary N) is 1. The first kappa shape index (κ1) is 35.2. The lowest BCUT2D eigenvalue weighted by molar-refractivity contribution is -0.144. The molecule has 1 fully saturated rings. The number of aliphatic carboxylic acids is 1. The average Bonchev–Trinajstić information content (AvgIpc) is 3.36. The van der Waals surface area contributed by atoms with Crippen molar-refractivity contribution in [3.8, 4) is 0 Å². The molecular formula is C27H43N5O9. The van der Waals surface area contributed by atoms with Gasteiger partial charge in [0.1, 0.15) is 23.9 Å². The summed E-state index contributed by atoms with van der Waals surface area (Å²) in [4.78, 5) is 100. The molecule has 230 valence electrons. The number of hydrogen-bond donors (Lipinski definition) is 5. The summed E-state index contributed by atoms with van der Waals surface area (Å²) >= 11 is 0. The summed E-state index contributed by atoms with van der Waals surface area (Å²) in [5, 5.41) is 16.7. The van der Waals surface area contributed by atoms with E-state index in [1.807, 2.05) is 0 Å². The lowest BCUT2D eigenvalue weighted by Crippen LogP contribution is -2.58. The van der Waals surface area contributed by atoms with Crippen molar-refractivity contribution in [2.24, 2.45) is 17.6 Å². The molecule has 41 heavy (non-hydrogen) atoms. The molecule has 2 unspecified atom stereocenters. The molecule has 0 bridgehead atoms. The third-order valence-electron chi connectivity index (χ3n) is 7.03. The van der Waals surface area contributed by atoms with E-state index >= 15 is 0 Å². The van der Waals surface area contributed by atoms with Crippen LogP contribution in [0.5, 0.6) is 0 Å². The van der Waals surface area contributed by atoms with E-state index in [0.717, 1.165) is 0 Å². The zero-order chi connectivity index (χ0) is 31.4. The van der Waals surface area contributed by atoms with Crippen LogP contribution in [-0.4, -0.2) is 87.8 Å². The molecule has 5 amide bonds. The number of ketones is 2. The predicted molar refractivity (Wildman–Crippen MR) is 146 cm³/mol. The molecule has 5 atom stereocenters. The van der Waals surface area contributed by atoms with Crippen LogP contribution in [0.25, 0.3) is 0 Å². The molecule has 1 aliphatic rings. The molecule has 0 aromatic carbocycles. The van der Waals surface area contributed by atoms with Gasteiger partial charge in [0.05, 0.1) is 12.5 Å². The Kier molecular flexibility index (Phi) is 14.1. The lowest BCUT2D eigenvalue weighted by atomic mass is 9.92. The molecule has 1 heterocycles. The minimum Gasteiger partial charge on any atom is -0.481 e. The third-order valence-corrected chi connectivity index (χ3v) is 7.03. The summed E-state index contributed by atoms with van der Waals surface area (Å²) in [6.45, 7) is 7.84. The number of carboxylic acid groups (broad SMARTS) is 1. The maximum atomic E-state index is 13.6. The molecule has 1 saturated heterocycles. The molecule has 0 spiro atoms. The van der Waals surface area contributed by atoms with Crippen LogP contribution in [0.3, 0.4) is 0 Å². The number of Topliss-reactive ketones (excluding diaryl/α,β-unsaturated/α-hetero) is 2. The van der Waals surface area contributed by atoms with Crippen molar-refractivity contribution in [3.05, 3.63) is 0 Å². The van der Waals surface area contributed by atoms with Gasteiger partial charge in [-0.15, -0.1) is 0 Å². The minimum absolute atomic E-state index is 0.131. The molecule has 14 nitrogen and oxygen atoms in total. The van der Waals surface area contributed by atoms with Gasteiger partial charge in [0.2, 0.25) is 29.5 Å². The van der Waals surface area contributed by atoms with Crippen LogP contribution in [0.15, 0.2) is 0 Å². The van der Waals surface area contributed by atoms with Crippen molar-refractivity contribution in [2.75, 3.05) is 6.54 Å². The number of carbonyl (C=O) groups is 8. The monoisotopic (exact) mass is 581 g/mol. The van der Waals surface area contributed by atoms with E-state index in [1.165, 1.54) is 18.7 Å². The highest BCUT2D eigenvalue weighted by atomic mass is 16.4. The summed E-state index contributed by atoms with van der Waals surface area (Å²) in [6.07, 6.45) is -0.352. The van der Waals surface area contributed by atoms with Crippen LogP contribution in [0, 0.1) is 11.8 Å². The smallest absolute Gasteiger partial charge is 0.303 e. The molecular weight excluding hydrogens is 538 g/mol. The summed E-state index contributed by atoms with van der Waals surface area (Å²) in [7, 11) is 0. The van der Waals surface area contributed by atoms with Crippen molar-refractivity contribution in [2.45, 2.75) is 104 Å². The summed E-state index contributed by atoms with van der Waals surface area (Å²) in [5.74, 6) is -6.24. The molecule has 14 heteroatoms. The third kappa shape index (κ3) is 11.3. The zero-order valence-electron chi connectivity index (χ0n) is 24.4. The quantitative estimate of drug-likeness (QED) is 0.148. The number of likely N-dealkylation sites (tertiary alicyclic amines) is 1. The van der Waals surface area contributed by atoms with E-state index in [0.29, 0.717) is 12.8 Å². The van der Waals surface area contributed by atoms with Crippen molar-refractivity contribution >= 4 is 47.1 Å². The van der Waals surface area contributed by atoms with Crippen LogP contribution in [0.4, 0.5) is 0 Å². The first-order valence-corrected chi connectivity index (χ1v) is 13.8. The number of nitrogens with zero attached hydrogens (tertiary/aromatic N) is 1. The second kappa shape index (κ2) is 16.4. The van der Waals surface area contributed by atoms with Crippen LogP contribution in [0.1, 0.15) is 79.6 Å². The van der Waals surface area contributed by atoms with Gasteiger partial charge in [-0.25, -0.2) is 0 Å². The summed E-state index contributed by atoms with van der Waals surface area (Å²) in [5.41, 5.74) is 5.29.